The molecular weight excluding hydrogens is 327 g/mol. The van der Waals surface area contributed by atoms with Crippen LogP contribution in [0.15, 0.2) is 24.7 Å². The summed E-state index contributed by atoms with van der Waals surface area (Å²) in [5, 5.41) is 2.28. The molecule has 0 unspecified atom stereocenters. The van der Waals surface area contributed by atoms with Gasteiger partial charge in [-0.3, -0.25) is 4.79 Å². The van der Waals surface area contributed by atoms with Crippen LogP contribution in [0.1, 0.15) is 23.0 Å². The van der Waals surface area contributed by atoms with Crippen molar-refractivity contribution in [1.29, 1.82) is 0 Å². The first-order chi connectivity index (χ1) is 11.4. The number of ether oxygens (including phenoxy) is 1. The van der Waals surface area contributed by atoms with E-state index in [1.807, 2.05) is 0 Å². The van der Waals surface area contributed by atoms with Gasteiger partial charge >= 0.3 is 5.97 Å². The molecule has 0 radical (unpaired) electrons. The molecule has 2 aromatic rings. The number of nitrogens with zero attached hydrogens (tertiary/aromatic N) is 2. The number of aromatic nitrogens is 2. The number of carbonyl (C=O) groups is 2. The van der Waals surface area contributed by atoms with Crippen LogP contribution in [-0.4, -0.2) is 28.5 Å². The van der Waals surface area contributed by atoms with E-state index in [1.54, 1.807) is 6.92 Å². The van der Waals surface area contributed by atoms with Crippen molar-refractivity contribution < 1.29 is 27.5 Å². The standard InChI is InChI=1S/C15H12F3N3O3/c1-2-24-15(23)14-12(6-19-7-20-14)21-13(22)5-9-10(17)3-8(16)4-11(9)18/h3-4,6-7H,2,5H2,1H3,(H,21,22). The van der Waals surface area contributed by atoms with Crippen LogP contribution in [0.2, 0.25) is 0 Å². The monoisotopic (exact) mass is 339 g/mol. The predicted octanol–water partition coefficient (Wildman–Crippen LogP) is 2.25. The molecule has 0 saturated heterocycles. The van der Waals surface area contributed by atoms with Gasteiger partial charge < -0.3 is 10.1 Å². The molecule has 0 aliphatic carbocycles. The molecule has 1 N–H and O–H groups in total. The highest BCUT2D eigenvalue weighted by molar-refractivity contribution is 6.00. The molecule has 0 fully saturated rings. The van der Waals surface area contributed by atoms with E-state index in [1.165, 1.54) is 0 Å². The van der Waals surface area contributed by atoms with E-state index in [0.29, 0.717) is 12.1 Å². The highest BCUT2D eigenvalue weighted by atomic mass is 19.1. The Morgan fingerprint density at radius 2 is 1.88 bits per heavy atom. The van der Waals surface area contributed by atoms with Gasteiger partial charge in [-0.05, 0) is 6.92 Å². The predicted molar refractivity (Wildman–Crippen MR) is 76.6 cm³/mol. The lowest BCUT2D eigenvalue weighted by molar-refractivity contribution is -0.115. The topological polar surface area (TPSA) is 81.2 Å². The van der Waals surface area contributed by atoms with Crippen LogP contribution in [-0.2, 0) is 16.0 Å². The van der Waals surface area contributed by atoms with E-state index in [-0.39, 0.29) is 18.0 Å². The van der Waals surface area contributed by atoms with Crippen LogP contribution in [0.4, 0.5) is 18.9 Å². The minimum atomic E-state index is -1.18. The molecule has 126 valence electrons. The number of amides is 1. The summed E-state index contributed by atoms with van der Waals surface area (Å²) in [4.78, 5) is 31.1. The van der Waals surface area contributed by atoms with E-state index < -0.39 is 41.3 Å². The van der Waals surface area contributed by atoms with Crippen LogP contribution in [0.5, 0.6) is 0 Å². The van der Waals surface area contributed by atoms with Gasteiger partial charge in [0.15, 0.2) is 5.69 Å². The van der Waals surface area contributed by atoms with E-state index in [2.05, 4.69) is 15.3 Å². The van der Waals surface area contributed by atoms with Gasteiger partial charge in [0.25, 0.3) is 0 Å². The summed E-state index contributed by atoms with van der Waals surface area (Å²) >= 11 is 0. The Kier molecular flexibility index (Phi) is 5.46. The van der Waals surface area contributed by atoms with Crippen LogP contribution in [0.3, 0.4) is 0 Å². The zero-order valence-corrected chi connectivity index (χ0v) is 12.5. The average molecular weight is 339 g/mol. The number of anilines is 1. The van der Waals surface area contributed by atoms with E-state index in [0.717, 1.165) is 12.5 Å². The second kappa shape index (κ2) is 7.53. The molecule has 9 heteroatoms. The Labute approximate surface area is 134 Å². The van der Waals surface area contributed by atoms with Crippen molar-refractivity contribution in [3.8, 4) is 0 Å². The molecule has 0 aliphatic heterocycles. The lowest BCUT2D eigenvalue weighted by Gasteiger charge is -2.09. The Bertz CT molecular complexity index is 761. The number of hydrogen-bond donors (Lipinski definition) is 1. The number of carbonyl (C=O) groups excluding carboxylic acids is 2. The van der Waals surface area contributed by atoms with Crippen LogP contribution < -0.4 is 5.32 Å². The average Bonchev–Trinajstić information content (AvgIpc) is 2.51. The first-order valence-corrected chi connectivity index (χ1v) is 6.82. The van der Waals surface area contributed by atoms with Gasteiger partial charge in [-0.1, -0.05) is 0 Å². The Morgan fingerprint density at radius 1 is 1.21 bits per heavy atom. The molecule has 0 atom stereocenters. The lowest BCUT2D eigenvalue weighted by atomic mass is 10.1. The fourth-order valence-corrected chi connectivity index (χ4v) is 1.88. The molecule has 0 spiro atoms. The van der Waals surface area contributed by atoms with E-state index in [9.17, 15) is 22.8 Å². The SMILES string of the molecule is CCOC(=O)c1ncncc1NC(=O)Cc1c(F)cc(F)cc1F. The fraction of sp³-hybridized carbons (Fsp3) is 0.200. The zero-order chi connectivity index (χ0) is 17.7. The Balaban J connectivity index is 2.18. The summed E-state index contributed by atoms with van der Waals surface area (Å²) in [7, 11) is 0. The fourth-order valence-electron chi connectivity index (χ4n) is 1.88. The smallest absolute Gasteiger partial charge is 0.359 e. The van der Waals surface area contributed by atoms with Crippen molar-refractivity contribution in [3.63, 3.8) is 0 Å². The second-order valence-corrected chi connectivity index (χ2v) is 4.58. The van der Waals surface area contributed by atoms with Crippen molar-refractivity contribution in [2.24, 2.45) is 0 Å². The second-order valence-electron chi connectivity index (χ2n) is 4.58. The van der Waals surface area contributed by atoms with Gasteiger partial charge in [-0.15, -0.1) is 0 Å². The minimum absolute atomic E-state index is 0.0659. The molecular formula is C15H12F3N3O3. The number of halogens is 3. The normalized spacial score (nSPS) is 10.3. The molecule has 1 amide bonds. The van der Waals surface area contributed by atoms with E-state index >= 15 is 0 Å². The van der Waals surface area contributed by atoms with Crippen LogP contribution in [0, 0.1) is 17.5 Å². The molecule has 24 heavy (non-hydrogen) atoms. The third kappa shape index (κ3) is 4.06. The number of rotatable bonds is 5. The molecule has 1 heterocycles. The number of nitrogens with one attached hydrogen (secondary N) is 1. The van der Waals surface area contributed by atoms with Gasteiger partial charge in [0.1, 0.15) is 23.8 Å². The van der Waals surface area contributed by atoms with Gasteiger partial charge in [0, 0.05) is 17.7 Å². The minimum Gasteiger partial charge on any atom is -0.461 e. The van der Waals surface area contributed by atoms with Crippen molar-refractivity contribution in [2.75, 3.05) is 11.9 Å². The van der Waals surface area contributed by atoms with Crippen LogP contribution >= 0.6 is 0 Å². The summed E-state index contributed by atoms with van der Waals surface area (Å²) < 4.78 is 44.8. The van der Waals surface area contributed by atoms with Gasteiger partial charge in [-0.25, -0.2) is 27.9 Å². The maximum atomic E-state index is 13.6. The Hall–Kier alpha value is -2.97. The van der Waals surface area contributed by atoms with Crippen molar-refractivity contribution in [2.45, 2.75) is 13.3 Å². The van der Waals surface area contributed by atoms with Crippen molar-refractivity contribution >= 4 is 17.6 Å². The molecule has 0 aliphatic rings. The largest absolute Gasteiger partial charge is 0.461 e. The molecule has 1 aromatic heterocycles. The third-order valence-electron chi connectivity index (χ3n) is 2.90. The summed E-state index contributed by atoms with van der Waals surface area (Å²) in [5.74, 6) is -5.07. The third-order valence-corrected chi connectivity index (χ3v) is 2.90. The summed E-state index contributed by atoms with van der Waals surface area (Å²) in [6.45, 7) is 1.69. The quantitative estimate of drug-likeness (QED) is 0.845. The summed E-state index contributed by atoms with van der Waals surface area (Å²) in [6.07, 6.45) is 1.53. The lowest BCUT2D eigenvalue weighted by Crippen LogP contribution is -2.20. The van der Waals surface area contributed by atoms with Gasteiger partial charge in [0.2, 0.25) is 5.91 Å². The van der Waals surface area contributed by atoms with Gasteiger partial charge in [-0.2, -0.15) is 0 Å². The Morgan fingerprint density at radius 3 is 2.50 bits per heavy atom. The van der Waals surface area contributed by atoms with Gasteiger partial charge in [0.05, 0.1) is 24.9 Å². The van der Waals surface area contributed by atoms with Crippen molar-refractivity contribution in [1.82, 2.24) is 9.97 Å². The zero-order valence-electron chi connectivity index (χ0n) is 12.5. The van der Waals surface area contributed by atoms with Crippen molar-refractivity contribution in [3.05, 3.63) is 53.4 Å². The maximum Gasteiger partial charge on any atom is 0.359 e. The number of esters is 1. The maximum absolute atomic E-state index is 13.6. The molecule has 1 aromatic carbocycles. The molecule has 2 rings (SSSR count). The molecule has 6 nitrogen and oxygen atoms in total. The number of hydrogen-bond acceptors (Lipinski definition) is 5. The highest BCUT2D eigenvalue weighted by Crippen LogP contribution is 2.17. The summed E-state index contributed by atoms with van der Waals surface area (Å²) in [6, 6.07) is 0.947. The number of benzene rings is 1. The first-order valence-electron chi connectivity index (χ1n) is 6.82. The first kappa shape index (κ1) is 17.4. The molecule has 0 bridgehead atoms. The highest BCUT2D eigenvalue weighted by Gasteiger charge is 2.19. The molecule has 0 saturated carbocycles. The van der Waals surface area contributed by atoms with Crippen LogP contribution in [0.25, 0.3) is 0 Å². The summed E-state index contributed by atoms with van der Waals surface area (Å²) in [5.41, 5.74) is -0.854. The van der Waals surface area contributed by atoms with E-state index in [4.69, 9.17) is 4.74 Å².